The van der Waals surface area contributed by atoms with Crippen LogP contribution >= 0.6 is 68.3 Å². The fourth-order valence-corrected chi connectivity index (χ4v) is 8.20. The summed E-state index contributed by atoms with van der Waals surface area (Å²) in [5.41, 5.74) is 3.41. The molecule has 2 fully saturated rings. The van der Waals surface area contributed by atoms with Gasteiger partial charge in [0.25, 0.3) is 0 Å². The summed E-state index contributed by atoms with van der Waals surface area (Å²) in [5, 5.41) is 13.6. The van der Waals surface area contributed by atoms with Crippen molar-refractivity contribution in [3.05, 3.63) is 60.0 Å². The number of nitrogens with one attached hydrogen (secondary N) is 1. The van der Waals surface area contributed by atoms with Crippen molar-refractivity contribution >= 4 is 103 Å². The lowest BCUT2D eigenvalue weighted by atomic mass is 9.94. The molecular formula is C36H45ClI2N10O4S. The second-order valence-electron chi connectivity index (χ2n) is 15.5. The van der Waals surface area contributed by atoms with Gasteiger partial charge >= 0.3 is 12.2 Å². The summed E-state index contributed by atoms with van der Waals surface area (Å²) in [5.74, 6) is 1.14. The fourth-order valence-electron chi connectivity index (χ4n) is 6.35. The third kappa shape index (κ3) is 10.0. The van der Waals surface area contributed by atoms with Crippen molar-refractivity contribution in [2.45, 2.75) is 97.2 Å². The molecule has 2 aliphatic rings. The minimum Gasteiger partial charge on any atom is -0.444 e. The summed E-state index contributed by atoms with van der Waals surface area (Å²) in [7, 11) is 0. The number of hydrogen-bond donors (Lipinski definition) is 1. The molecule has 54 heavy (non-hydrogen) atoms. The van der Waals surface area contributed by atoms with E-state index in [2.05, 4.69) is 65.1 Å². The maximum Gasteiger partial charge on any atom is 0.410 e. The second kappa shape index (κ2) is 16.6. The normalized spacial score (nSPS) is 18.0. The Morgan fingerprint density at radius 2 is 1.31 bits per heavy atom. The minimum absolute atomic E-state index is 0.144. The average molecular weight is 1000 g/mol. The summed E-state index contributed by atoms with van der Waals surface area (Å²) in [4.78, 5) is 38.1. The van der Waals surface area contributed by atoms with Crippen LogP contribution in [0.5, 0.6) is 0 Å². The number of aryl methyl sites for hydroxylation is 1. The van der Waals surface area contributed by atoms with Crippen molar-refractivity contribution in [2.75, 3.05) is 31.5 Å². The molecule has 7 rings (SSSR count). The van der Waals surface area contributed by atoms with Crippen LogP contribution in [0, 0.1) is 14.1 Å². The molecule has 2 amide bonds. The quantitative estimate of drug-likeness (QED) is 0.137. The van der Waals surface area contributed by atoms with Gasteiger partial charge in [0.1, 0.15) is 27.2 Å². The maximum absolute atomic E-state index is 12.6. The van der Waals surface area contributed by atoms with E-state index in [0.717, 1.165) is 72.0 Å². The van der Waals surface area contributed by atoms with Crippen molar-refractivity contribution < 1.29 is 19.1 Å². The summed E-state index contributed by atoms with van der Waals surface area (Å²) in [6, 6.07) is 5.89. The highest BCUT2D eigenvalue weighted by atomic mass is 127. The Balaban J connectivity index is 0.000000189. The van der Waals surface area contributed by atoms with Crippen LogP contribution in [0.25, 0.3) is 11.3 Å². The van der Waals surface area contributed by atoms with E-state index in [1.165, 1.54) is 11.5 Å². The van der Waals surface area contributed by atoms with Crippen LogP contribution < -0.4 is 5.32 Å². The van der Waals surface area contributed by atoms with Gasteiger partial charge in [0.05, 0.1) is 36.6 Å². The number of halogens is 3. The first-order chi connectivity index (χ1) is 25.4. The first-order valence-electron chi connectivity index (χ1n) is 17.8. The number of carbonyl (C=O) groups is 2. The van der Waals surface area contributed by atoms with Crippen molar-refractivity contribution in [1.82, 2.24) is 43.4 Å². The number of amides is 2. The summed E-state index contributed by atoms with van der Waals surface area (Å²) in [6.07, 6.45) is 6.82. The van der Waals surface area contributed by atoms with Crippen LogP contribution in [0.15, 0.2) is 30.6 Å². The molecule has 7 heterocycles. The molecule has 0 radical (unpaired) electrons. The van der Waals surface area contributed by atoms with Crippen molar-refractivity contribution in [1.29, 1.82) is 0 Å². The highest BCUT2D eigenvalue weighted by molar-refractivity contribution is 14.1. The van der Waals surface area contributed by atoms with E-state index in [4.69, 9.17) is 31.0 Å². The van der Waals surface area contributed by atoms with E-state index in [0.29, 0.717) is 31.3 Å². The number of carbonyl (C=O) groups excluding carboxylic acids is 2. The van der Waals surface area contributed by atoms with Gasteiger partial charge in [-0.3, -0.25) is 0 Å². The number of anilines is 2. The number of rotatable bonds is 4. The van der Waals surface area contributed by atoms with E-state index in [9.17, 15) is 9.59 Å². The SMILES string of the molecule is CC(C)(C)OC(=O)N1CCCC(c2cc(Cl)n3ncc(I)c3n2)C1.Cc1cc(Nc2cc(C3CCCN(C(=O)OC(C)(C)C)C3)nc3c(I)cnn23)sn1. The molecule has 5 aromatic heterocycles. The highest BCUT2D eigenvalue weighted by Crippen LogP contribution is 2.32. The van der Waals surface area contributed by atoms with Crippen molar-refractivity contribution in [2.24, 2.45) is 0 Å². The monoisotopic (exact) mass is 1000 g/mol. The number of piperidine rings is 2. The number of fused-ring (bicyclic) bond motifs is 2. The van der Waals surface area contributed by atoms with Crippen LogP contribution in [-0.2, 0) is 9.47 Å². The number of hydrogen-bond acceptors (Lipinski definition) is 11. The Bertz CT molecular complexity index is 2140. The third-order valence-electron chi connectivity index (χ3n) is 8.72. The van der Waals surface area contributed by atoms with Gasteiger partial charge in [-0.15, -0.1) is 0 Å². The molecule has 290 valence electrons. The van der Waals surface area contributed by atoms with Crippen LogP contribution in [0.1, 0.15) is 96.1 Å². The Morgan fingerprint density at radius 3 is 1.81 bits per heavy atom. The van der Waals surface area contributed by atoms with E-state index >= 15 is 0 Å². The Kier molecular flexibility index (Phi) is 12.5. The molecule has 18 heteroatoms. The smallest absolute Gasteiger partial charge is 0.410 e. The van der Waals surface area contributed by atoms with Crippen LogP contribution in [-0.4, -0.2) is 92.9 Å². The first kappa shape index (κ1) is 40.6. The van der Waals surface area contributed by atoms with E-state index in [1.807, 2.05) is 77.4 Å². The third-order valence-corrected chi connectivity index (χ3v) is 11.3. The fraction of sp³-hybridized carbons (Fsp3) is 0.528. The lowest BCUT2D eigenvalue weighted by molar-refractivity contribution is 0.0187. The van der Waals surface area contributed by atoms with Crippen LogP contribution in [0.4, 0.5) is 20.4 Å². The van der Waals surface area contributed by atoms with Gasteiger partial charge in [0.2, 0.25) is 0 Å². The van der Waals surface area contributed by atoms with Gasteiger partial charge in [0, 0.05) is 44.1 Å². The standard InChI is InChI=1S/C20H25IN6O2S.C16H20ClIN4O2/c1-12-8-17(30-25-12)24-16-9-15(23-18-14(21)10-22-27(16)18)13-6-5-7-26(11-13)19(28)29-20(2,3)4;1-16(2,3)24-15(23)21-6-4-5-10(9-21)12-7-13(17)22-14(20-12)11(18)8-19-22/h8-10,13,24H,5-7,11H2,1-4H3;7-8,10H,4-6,9H2,1-3H3. The molecule has 2 saturated heterocycles. The molecule has 2 atom stereocenters. The zero-order valence-corrected chi connectivity index (χ0v) is 37.3. The molecule has 0 bridgehead atoms. The Morgan fingerprint density at radius 1 is 0.815 bits per heavy atom. The minimum atomic E-state index is -0.501. The molecule has 0 saturated carbocycles. The predicted molar refractivity (Wildman–Crippen MR) is 226 cm³/mol. The Hall–Kier alpha value is -3.04. The number of likely N-dealkylation sites (tertiary alicyclic amines) is 2. The molecule has 0 spiro atoms. The summed E-state index contributed by atoms with van der Waals surface area (Å²) >= 11 is 12.2. The topological polar surface area (TPSA) is 144 Å². The van der Waals surface area contributed by atoms with Crippen molar-refractivity contribution in [3.63, 3.8) is 0 Å². The van der Waals surface area contributed by atoms with Gasteiger partial charge in [-0.25, -0.2) is 24.1 Å². The van der Waals surface area contributed by atoms with E-state index in [1.54, 1.807) is 20.5 Å². The number of nitrogens with zero attached hydrogens (tertiary/aromatic N) is 9. The van der Waals surface area contributed by atoms with Gasteiger partial charge in [-0.2, -0.15) is 19.1 Å². The predicted octanol–water partition coefficient (Wildman–Crippen LogP) is 9.06. The molecular weight excluding hydrogens is 958 g/mol. The van der Waals surface area contributed by atoms with Crippen molar-refractivity contribution in [3.8, 4) is 0 Å². The lowest BCUT2D eigenvalue weighted by Crippen LogP contribution is -2.42. The largest absolute Gasteiger partial charge is 0.444 e. The summed E-state index contributed by atoms with van der Waals surface area (Å²) < 4.78 is 20.8. The van der Waals surface area contributed by atoms with Gasteiger partial charge in [-0.05, 0) is 143 Å². The van der Waals surface area contributed by atoms with Crippen LogP contribution in [0.2, 0.25) is 5.15 Å². The average Bonchev–Trinajstić information content (AvgIpc) is 3.81. The van der Waals surface area contributed by atoms with E-state index < -0.39 is 11.2 Å². The Labute approximate surface area is 351 Å². The van der Waals surface area contributed by atoms with Gasteiger partial charge in [0.15, 0.2) is 11.3 Å². The zero-order chi connectivity index (χ0) is 38.9. The zero-order valence-electron chi connectivity index (χ0n) is 31.4. The molecule has 2 unspecified atom stereocenters. The molecule has 5 aromatic rings. The molecule has 0 aliphatic carbocycles. The number of aromatic nitrogens is 7. The summed E-state index contributed by atoms with van der Waals surface area (Å²) in [6.45, 7) is 15.9. The second-order valence-corrected chi connectivity index (χ2v) is 19.0. The highest BCUT2D eigenvalue weighted by Gasteiger charge is 2.31. The van der Waals surface area contributed by atoms with Gasteiger partial charge in [-0.1, -0.05) is 11.6 Å². The van der Waals surface area contributed by atoms with E-state index in [-0.39, 0.29) is 24.0 Å². The molecule has 14 nitrogen and oxygen atoms in total. The lowest BCUT2D eigenvalue weighted by Gasteiger charge is -2.34. The first-order valence-corrected chi connectivity index (χ1v) is 21.1. The number of ether oxygens (including phenoxy) is 2. The molecule has 2 aliphatic heterocycles. The molecule has 1 N–H and O–H groups in total. The molecule has 0 aromatic carbocycles. The van der Waals surface area contributed by atoms with Crippen LogP contribution in [0.3, 0.4) is 0 Å². The van der Waals surface area contributed by atoms with Gasteiger partial charge < -0.3 is 24.6 Å². The maximum atomic E-state index is 12.6.